The van der Waals surface area contributed by atoms with Crippen molar-refractivity contribution in [2.24, 2.45) is 11.3 Å². The second-order valence-corrected chi connectivity index (χ2v) is 7.66. The van der Waals surface area contributed by atoms with Gasteiger partial charge in [0, 0.05) is 23.7 Å². The topological polar surface area (TPSA) is 35.0 Å². The summed E-state index contributed by atoms with van der Waals surface area (Å²) in [6.07, 6.45) is 1.54. The number of hydrogen-bond acceptors (Lipinski definition) is 3. The number of aryl methyl sites for hydroxylation is 1. The summed E-state index contributed by atoms with van der Waals surface area (Å²) in [6, 6.07) is 5.08. The number of hydrogen-bond donors (Lipinski definition) is 0. The van der Waals surface area contributed by atoms with E-state index in [1.807, 2.05) is 13.0 Å². The van der Waals surface area contributed by atoms with Gasteiger partial charge in [0.25, 0.3) is 6.43 Å². The summed E-state index contributed by atoms with van der Waals surface area (Å²) in [4.78, 5) is 8.29. The Labute approximate surface area is 148 Å². The van der Waals surface area contributed by atoms with E-state index in [1.165, 1.54) is 6.07 Å². The third-order valence-corrected chi connectivity index (χ3v) is 3.90. The van der Waals surface area contributed by atoms with E-state index in [0.717, 1.165) is 17.7 Å². The molecule has 25 heavy (non-hydrogen) atoms. The van der Waals surface area contributed by atoms with Crippen molar-refractivity contribution >= 4 is 0 Å². The number of nitrogens with zero attached hydrogens (tertiary/aromatic N) is 2. The third-order valence-electron chi connectivity index (χ3n) is 3.90. The summed E-state index contributed by atoms with van der Waals surface area (Å²) in [5, 5.41) is 0. The van der Waals surface area contributed by atoms with Crippen molar-refractivity contribution in [3.8, 4) is 17.0 Å². The molecule has 0 radical (unpaired) electrons. The molecule has 0 bridgehead atoms. The zero-order valence-corrected chi connectivity index (χ0v) is 15.5. The number of alkyl halides is 2. The predicted molar refractivity (Wildman–Crippen MR) is 95.9 cm³/mol. The molecule has 0 unspecified atom stereocenters. The van der Waals surface area contributed by atoms with Gasteiger partial charge in [0.05, 0.1) is 12.2 Å². The molecule has 0 aliphatic heterocycles. The minimum Gasteiger partial charge on any atom is -0.477 e. The fraction of sp³-hybridized carbons (Fsp3) is 0.500. The van der Waals surface area contributed by atoms with Gasteiger partial charge in [-0.3, -0.25) is 4.98 Å². The van der Waals surface area contributed by atoms with E-state index in [4.69, 9.17) is 4.74 Å². The van der Waals surface area contributed by atoms with Crippen LogP contribution in [0.4, 0.5) is 8.78 Å². The van der Waals surface area contributed by atoms with Crippen LogP contribution in [0.3, 0.4) is 0 Å². The molecule has 0 atom stereocenters. The summed E-state index contributed by atoms with van der Waals surface area (Å²) in [7, 11) is 0. The SMILES string of the molecule is Cc1cc(-c2cnc(OCC(C)(C)CC(C)C)c(C(F)F)c2)ccn1. The fourth-order valence-corrected chi connectivity index (χ4v) is 3.06. The minimum absolute atomic E-state index is 0.0151. The van der Waals surface area contributed by atoms with Gasteiger partial charge in [0.15, 0.2) is 0 Å². The molecule has 2 heterocycles. The summed E-state index contributed by atoms with van der Waals surface area (Å²) in [6.45, 7) is 10.6. The maximum atomic E-state index is 13.5. The smallest absolute Gasteiger partial charge is 0.269 e. The molecule has 0 aliphatic rings. The Morgan fingerprint density at radius 2 is 1.84 bits per heavy atom. The first-order valence-electron chi connectivity index (χ1n) is 8.52. The molecule has 0 fully saturated rings. The largest absolute Gasteiger partial charge is 0.477 e. The Bertz CT molecular complexity index is 715. The molecule has 136 valence electrons. The first-order chi connectivity index (χ1) is 11.7. The van der Waals surface area contributed by atoms with E-state index in [2.05, 4.69) is 37.7 Å². The van der Waals surface area contributed by atoms with Crippen molar-refractivity contribution in [1.29, 1.82) is 0 Å². The predicted octanol–water partition coefficient (Wildman–Crippen LogP) is 5.84. The molecule has 0 saturated carbocycles. The van der Waals surface area contributed by atoms with Crippen molar-refractivity contribution in [3.63, 3.8) is 0 Å². The lowest BCUT2D eigenvalue weighted by Gasteiger charge is -2.26. The summed E-state index contributed by atoms with van der Waals surface area (Å²) >= 11 is 0. The van der Waals surface area contributed by atoms with Crippen molar-refractivity contribution in [2.75, 3.05) is 6.61 Å². The van der Waals surface area contributed by atoms with Gasteiger partial charge < -0.3 is 4.74 Å². The van der Waals surface area contributed by atoms with Crippen LogP contribution in [0.15, 0.2) is 30.6 Å². The molecular weight excluding hydrogens is 322 g/mol. The number of aromatic nitrogens is 2. The third kappa shape index (κ3) is 5.48. The zero-order valence-electron chi connectivity index (χ0n) is 15.5. The molecule has 2 rings (SSSR count). The average Bonchev–Trinajstić information content (AvgIpc) is 2.51. The van der Waals surface area contributed by atoms with Crippen LogP contribution in [-0.2, 0) is 0 Å². The van der Waals surface area contributed by atoms with Gasteiger partial charge in [-0.15, -0.1) is 0 Å². The molecule has 0 N–H and O–H groups in total. The zero-order chi connectivity index (χ0) is 18.6. The van der Waals surface area contributed by atoms with Crippen LogP contribution >= 0.6 is 0 Å². The summed E-state index contributed by atoms with van der Waals surface area (Å²) < 4.78 is 32.7. The van der Waals surface area contributed by atoms with Crippen molar-refractivity contribution in [2.45, 2.75) is 47.5 Å². The first-order valence-corrected chi connectivity index (χ1v) is 8.52. The highest BCUT2D eigenvalue weighted by Gasteiger charge is 2.23. The monoisotopic (exact) mass is 348 g/mol. The van der Waals surface area contributed by atoms with E-state index in [1.54, 1.807) is 18.5 Å². The Morgan fingerprint density at radius 1 is 1.12 bits per heavy atom. The molecule has 0 saturated heterocycles. The van der Waals surface area contributed by atoms with Gasteiger partial charge >= 0.3 is 0 Å². The van der Waals surface area contributed by atoms with Crippen LogP contribution in [0.2, 0.25) is 0 Å². The molecule has 0 aromatic carbocycles. The van der Waals surface area contributed by atoms with Gasteiger partial charge in [-0.1, -0.05) is 27.7 Å². The van der Waals surface area contributed by atoms with Crippen LogP contribution in [-0.4, -0.2) is 16.6 Å². The molecule has 5 heteroatoms. The standard InChI is InChI=1S/C20H26F2N2O/c1-13(2)10-20(4,5)12-25-19-17(18(21)22)9-16(11-24-19)15-6-7-23-14(3)8-15/h6-9,11,13,18H,10,12H2,1-5H3. The number of rotatable bonds is 7. The van der Waals surface area contributed by atoms with Crippen LogP contribution in [0, 0.1) is 18.3 Å². The lowest BCUT2D eigenvalue weighted by molar-refractivity contribution is 0.124. The van der Waals surface area contributed by atoms with Crippen LogP contribution < -0.4 is 4.74 Å². The number of ether oxygens (including phenoxy) is 1. The number of pyridine rings is 2. The minimum atomic E-state index is -2.64. The quantitative estimate of drug-likeness (QED) is 0.630. The van der Waals surface area contributed by atoms with Crippen LogP contribution in [0.25, 0.3) is 11.1 Å². The van der Waals surface area contributed by atoms with Crippen LogP contribution in [0.1, 0.15) is 51.8 Å². The molecular formula is C20H26F2N2O. The van der Waals surface area contributed by atoms with Gasteiger partial charge in [0.1, 0.15) is 0 Å². The lowest BCUT2D eigenvalue weighted by atomic mass is 9.85. The van der Waals surface area contributed by atoms with Gasteiger partial charge in [-0.05, 0) is 48.4 Å². The highest BCUT2D eigenvalue weighted by Crippen LogP contribution is 2.33. The Balaban J connectivity index is 2.25. The van der Waals surface area contributed by atoms with Crippen LogP contribution in [0.5, 0.6) is 5.88 Å². The normalized spacial score (nSPS) is 12.0. The van der Waals surface area contributed by atoms with E-state index in [9.17, 15) is 8.78 Å². The van der Waals surface area contributed by atoms with Crippen molar-refractivity contribution in [1.82, 2.24) is 9.97 Å². The molecule has 3 nitrogen and oxygen atoms in total. The summed E-state index contributed by atoms with van der Waals surface area (Å²) in [5.41, 5.74) is 2.00. The molecule has 0 aliphatic carbocycles. The van der Waals surface area contributed by atoms with Crippen molar-refractivity contribution in [3.05, 3.63) is 41.9 Å². The Morgan fingerprint density at radius 3 is 2.44 bits per heavy atom. The Kier molecular flexibility index (Phi) is 6.09. The summed E-state index contributed by atoms with van der Waals surface area (Å²) in [5.74, 6) is 0.528. The average molecular weight is 348 g/mol. The maximum absolute atomic E-state index is 13.5. The van der Waals surface area contributed by atoms with E-state index in [-0.39, 0.29) is 16.9 Å². The highest BCUT2D eigenvalue weighted by atomic mass is 19.3. The maximum Gasteiger partial charge on any atom is 0.269 e. The fourth-order valence-electron chi connectivity index (χ4n) is 3.06. The molecule has 2 aromatic rings. The van der Waals surface area contributed by atoms with E-state index >= 15 is 0 Å². The van der Waals surface area contributed by atoms with Gasteiger partial charge in [-0.25, -0.2) is 13.8 Å². The van der Waals surface area contributed by atoms with Gasteiger partial charge in [-0.2, -0.15) is 0 Å². The first kappa shape index (κ1) is 19.3. The second kappa shape index (κ2) is 7.89. The molecule has 2 aromatic heterocycles. The lowest BCUT2D eigenvalue weighted by Crippen LogP contribution is -2.24. The Hall–Kier alpha value is -2.04. The van der Waals surface area contributed by atoms with Gasteiger partial charge in [0.2, 0.25) is 5.88 Å². The highest BCUT2D eigenvalue weighted by molar-refractivity contribution is 5.64. The molecule has 0 spiro atoms. The van der Waals surface area contributed by atoms with E-state index < -0.39 is 6.43 Å². The molecule has 0 amide bonds. The van der Waals surface area contributed by atoms with Crippen molar-refractivity contribution < 1.29 is 13.5 Å². The second-order valence-electron chi connectivity index (χ2n) is 7.66. The van der Waals surface area contributed by atoms with E-state index in [0.29, 0.717) is 18.1 Å². The number of halogens is 2.